The van der Waals surface area contributed by atoms with Gasteiger partial charge in [-0.2, -0.15) is 0 Å². The van der Waals surface area contributed by atoms with E-state index in [4.69, 9.17) is 4.74 Å². The number of carboxylic acid groups (broad SMARTS) is 1. The minimum Gasteiger partial charge on any atom is -0.481 e. The summed E-state index contributed by atoms with van der Waals surface area (Å²) < 4.78 is 5.48. The van der Waals surface area contributed by atoms with Crippen LogP contribution in [0.5, 0.6) is 0 Å². The highest BCUT2D eigenvalue weighted by atomic mass is 16.5. The van der Waals surface area contributed by atoms with Crippen molar-refractivity contribution in [3.8, 4) is 0 Å². The maximum Gasteiger partial charge on any atom is 0.311 e. The summed E-state index contributed by atoms with van der Waals surface area (Å²) in [5.41, 5.74) is -0.481. The first-order chi connectivity index (χ1) is 11.2. The largest absolute Gasteiger partial charge is 0.481 e. The molecule has 4 atom stereocenters. The number of nitrogens with zero attached hydrogens (tertiary/aromatic N) is 1. The van der Waals surface area contributed by atoms with Crippen molar-refractivity contribution >= 4 is 11.9 Å². The third-order valence-corrected chi connectivity index (χ3v) is 6.43. The average Bonchev–Trinajstić information content (AvgIpc) is 2.86. The Labute approximate surface area is 144 Å². The average molecular weight is 337 g/mol. The van der Waals surface area contributed by atoms with Crippen molar-refractivity contribution in [2.75, 3.05) is 26.3 Å². The summed E-state index contributed by atoms with van der Waals surface area (Å²) in [5.74, 6) is 0.398. The van der Waals surface area contributed by atoms with Crippen LogP contribution < -0.4 is 0 Å². The highest BCUT2D eigenvalue weighted by molar-refractivity contribution is 5.81. The number of hydrogen-bond donors (Lipinski definition) is 1. The monoisotopic (exact) mass is 337 g/mol. The zero-order valence-corrected chi connectivity index (χ0v) is 15.2. The van der Waals surface area contributed by atoms with Gasteiger partial charge in [0.05, 0.1) is 12.0 Å². The van der Waals surface area contributed by atoms with Crippen LogP contribution in [0.15, 0.2) is 0 Å². The maximum atomic E-state index is 12.8. The zero-order chi connectivity index (χ0) is 17.5. The molecule has 0 aromatic carbocycles. The Kier molecular flexibility index (Phi) is 4.67. The molecule has 1 N–H and O–H groups in total. The summed E-state index contributed by atoms with van der Waals surface area (Å²) in [7, 11) is 0. The second-order valence-electron chi connectivity index (χ2n) is 9.24. The standard InChI is InChI=1S/C19H31NO4/c1-13-6-14(9-18(2,3)8-13)7-16(21)20-10-15-11-24-5-4-19(15,12-20)17(22)23/h13-15H,4-12H2,1-3H3,(H,22,23)/t13?,14?,15-,19+/m0/s1. The molecular weight excluding hydrogens is 306 g/mol. The van der Waals surface area contributed by atoms with Crippen LogP contribution >= 0.6 is 0 Å². The van der Waals surface area contributed by atoms with E-state index >= 15 is 0 Å². The smallest absolute Gasteiger partial charge is 0.311 e. The number of carbonyl (C=O) groups is 2. The van der Waals surface area contributed by atoms with Crippen LogP contribution in [0.25, 0.3) is 0 Å². The van der Waals surface area contributed by atoms with Crippen molar-refractivity contribution in [2.45, 2.75) is 52.9 Å². The molecule has 136 valence electrons. The molecule has 1 aliphatic carbocycles. The summed E-state index contributed by atoms with van der Waals surface area (Å²) in [4.78, 5) is 26.5. The van der Waals surface area contributed by atoms with Crippen molar-refractivity contribution in [1.29, 1.82) is 0 Å². The van der Waals surface area contributed by atoms with Gasteiger partial charge < -0.3 is 14.7 Å². The van der Waals surface area contributed by atoms with Crippen LogP contribution in [-0.2, 0) is 14.3 Å². The molecule has 5 nitrogen and oxygen atoms in total. The second-order valence-corrected chi connectivity index (χ2v) is 9.24. The second kappa shape index (κ2) is 6.32. The maximum absolute atomic E-state index is 12.8. The van der Waals surface area contributed by atoms with E-state index in [1.165, 1.54) is 6.42 Å². The van der Waals surface area contributed by atoms with Crippen molar-refractivity contribution in [3.63, 3.8) is 0 Å². The fourth-order valence-corrected chi connectivity index (χ4v) is 5.56. The van der Waals surface area contributed by atoms with E-state index in [0.717, 1.165) is 12.8 Å². The summed E-state index contributed by atoms with van der Waals surface area (Å²) in [6, 6.07) is 0. The Bertz CT molecular complexity index is 517. The van der Waals surface area contributed by atoms with Crippen LogP contribution in [0.1, 0.15) is 52.9 Å². The first-order valence-corrected chi connectivity index (χ1v) is 9.31. The van der Waals surface area contributed by atoms with E-state index in [2.05, 4.69) is 20.8 Å². The van der Waals surface area contributed by atoms with E-state index in [0.29, 0.717) is 56.4 Å². The number of fused-ring (bicyclic) bond motifs is 1. The summed E-state index contributed by atoms with van der Waals surface area (Å²) in [6.45, 7) is 8.71. The molecule has 1 amide bonds. The van der Waals surface area contributed by atoms with Crippen molar-refractivity contribution in [3.05, 3.63) is 0 Å². The number of carbonyl (C=O) groups excluding carboxylic acids is 1. The van der Waals surface area contributed by atoms with Gasteiger partial charge in [0.1, 0.15) is 0 Å². The molecule has 2 aliphatic heterocycles. The van der Waals surface area contributed by atoms with Crippen LogP contribution in [0, 0.1) is 28.6 Å². The molecule has 1 saturated carbocycles. The Morgan fingerprint density at radius 3 is 2.67 bits per heavy atom. The molecule has 24 heavy (non-hydrogen) atoms. The minimum absolute atomic E-state index is 0.0607. The third kappa shape index (κ3) is 3.32. The lowest BCUT2D eigenvalue weighted by atomic mass is 9.67. The summed E-state index contributed by atoms with van der Waals surface area (Å²) in [6.07, 6.45) is 4.51. The van der Waals surface area contributed by atoms with Gasteiger partial charge in [0.2, 0.25) is 5.91 Å². The Morgan fingerprint density at radius 2 is 2.04 bits per heavy atom. The van der Waals surface area contributed by atoms with Crippen LogP contribution in [0.3, 0.4) is 0 Å². The number of aliphatic carboxylic acids is 1. The van der Waals surface area contributed by atoms with Crippen molar-refractivity contribution < 1.29 is 19.4 Å². The normalized spacial score (nSPS) is 38.6. The summed E-state index contributed by atoms with van der Waals surface area (Å²) in [5, 5.41) is 9.73. The number of likely N-dealkylation sites (tertiary alicyclic amines) is 1. The van der Waals surface area contributed by atoms with Gasteiger partial charge in [0, 0.05) is 32.0 Å². The molecule has 0 aromatic rings. The molecule has 2 heterocycles. The molecule has 2 saturated heterocycles. The van der Waals surface area contributed by atoms with Crippen molar-refractivity contribution in [1.82, 2.24) is 4.90 Å². The molecule has 3 aliphatic rings. The highest BCUT2D eigenvalue weighted by Gasteiger charge is 2.55. The lowest BCUT2D eigenvalue weighted by Gasteiger charge is -2.39. The Morgan fingerprint density at radius 1 is 1.29 bits per heavy atom. The van der Waals surface area contributed by atoms with Crippen LogP contribution in [-0.4, -0.2) is 48.2 Å². The molecule has 0 spiro atoms. The molecule has 5 heteroatoms. The topological polar surface area (TPSA) is 66.8 Å². The summed E-state index contributed by atoms with van der Waals surface area (Å²) >= 11 is 0. The number of carboxylic acids is 1. The third-order valence-electron chi connectivity index (χ3n) is 6.43. The highest BCUT2D eigenvalue weighted by Crippen LogP contribution is 2.45. The fraction of sp³-hybridized carbons (Fsp3) is 0.895. The van der Waals surface area contributed by atoms with Gasteiger partial charge in [-0.3, -0.25) is 9.59 Å². The van der Waals surface area contributed by atoms with Gasteiger partial charge in [0.15, 0.2) is 0 Å². The molecule has 3 fully saturated rings. The number of rotatable bonds is 3. The van der Waals surface area contributed by atoms with E-state index in [9.17, 15) is 14.7 Å². The zero-order valence-electron chi connectivity index (χ0n) is 15.2. The predicted octanol–water partition coefficient (Wildman–Crippen LogP) is 2.79. The van der Waals surface area contributed by atoms with Gasteiger partial charge in [-0.25, -0.2) is 0 Å². The molecule has 0 radical (unpaired) electrons. The lowest BCUT2D eigenvalue weighted by Crippen LogP contribution is -2.45. The van der Waals surface area contributed by atoms with E-state index < -0.39 is 11.4 Å². The molecule has 2 unspecified atom stereocenters. The van der Waals surface area contributed by atoms with E-state index in [1.807, 2.05) is 0 Å². The van der Waals surface area contributed by atoms with Gasteiger partial charge in [0.25, 0.3) is 0 Å². The predicted molar refractivity (Wildman–Crippen MR) is 90.5 cm³/mol. The fourth-order valence-electron chi connectivity index (χ4n) is 5.56. The van der Waals surface area contributed by atoms with Gasteiger partial charge in [-0.05, 0) is 42.9 Å². The Hall–Kier alpha value is -1.10. The SMILES string of the molecule is CC1CC(CC(=O)N2C[C@H]3COCC[C@@]3(C(=O)O)C2)CC(C)(C)C1. The molecule has 0 bridgehead atoms. The van der Waals surface area contributed by atoms with Crippen LogP contribution in [0.4, 0.5) is 0 Å². The number of hydrogen-bond acceptors (Lipinski definition) is 3. The first kappa shape index (κ1) is 17.7. The first-order valence-electron chi connectivity index (χ1n) is 9.31. The molecule has 0 aromatic heterocycles. The van der Waals surface area contributed by atoms with Gasteiger partial charge in [-0.15, -0.1) is 0 Å². The van der Waals surface area contributed by atoms with Gasteiger partial charge >= 0.3 is 5.97 Å². The van der Waals surface area contributed by atoms with E-state index in [-0.39, 0.29) is 11.8 Å². The van der Waals surface area contributed by atoms with E-state index in [1.54, 1.807) is 4.90 Å². The van der Waals surface area contributed by atoms with Gasteiger partial charge in [-0.1, -0.05) is 20.8 Å². The lowest BCUT2D eigenvalue weighted by molar-refractivity contribution is -0.157. The molecular formula is C19H31NO4. The quantitative estimate of drug-likeness (QED) is 0.860. The number of ether oxygens (including phenoxy) is 1. The van der Waals surface area contributed by atoms with Crippen molar-refractivity contribution in [2.24, 2.45) is 28.6 Å². The Balaban J connectivity index is 1.65. The molecule has 3 rings (SSSR count). The van der Waals surface area contributed by atoms with Crippen LogP contribution in [0.2, 0.25) is 0 Å². The number of amides is 1. The minimum atomic E-state index is -0.785.